The van der Waals surface area contributed by atoms with Gasteiger partial charge in [0.2, 0.25) is 0 Å². The van der Waals surface area contributed by atoms with E-state index in [4.69, 9.17) is 30.8 Å². The molecule has 0 aromatic heterocycles. The van der Waals surface area contributed by atoms with Gasteiger partial charge in [0.15, 0.2) is 0 Å². The molecular formula is C27H29ClN2. The fourth-order valence-corrected chi connectivity index (χ4v) is 2.99. The topological polar surface area (TPSA) is 15.3 Å². The summed E-state index contributed by atoms with van der Waals surface area (Å²) in [4.78, 5) is -0.0337. The molecule has 0 aliphatic heterocycles. The second-order valence-electron chi connectivity index (χ2n) is 6.08. The first-order valence-electron chi connectivity index (χ1n) is 16.0. The predicted octanol–water partition coefficient (Wildman–Crippen LogP) is 6.58. The maximum absolute atomic E-state index is 8.43. The van der Waals surface area contributed by atoms with Crippen LogP contribution in [0.5, 0.6) is 0 Å². The van der Waals surface area contributed by atoms with Crippen LogP contribution in [0, 0.1) is 0 Å². The molecule has 0 fully saturated rings. The molecule has 154 valence electrons. The highest BCUT2D eigenvalue weighted by molar-refractivity contribution is 6.25. The summed E-state index contributed by atoms with van der Waals surface area (Å²) >= 11 is 5.38. The van der Waals surface area contributed by atoms with Crippen molar-refractivity contribution in [3.63, 3.8) is 0 Å². The minimum absolute atomic E-state index is 0.0337. The SMILES string of the molecule is [2H]/C(Cl)=C(/[2H])C([2H])([2H])N(C([2H])([2H])[2H])C([2H])([2H])c1cccc2ccccc12.[2H]C([2H])([2H])NC([2H])([2H])c1cccc2ccccc12. The first kappa shape index (κ1) is 10.1. The standard InChI is InChI=1S/C15H16ClN.C12H13N/c1-17(11-5-10-16)12-14-8-4-7-13-6-2-3-9-15(13)14;1-13-9-11-7-4-6-10-5-2-3-8-12(10)11/h2-10H,11-12H2,1H3;2-8,13H,9H2,1H3/b10-5+;/i1D3,5D,10D,11D2,12D2;1D3,9D2. The number of rotatable bonds is 6. The lowest BCUT2D eigenvalue weighted by atomic mass is 10.0. The summed E-state index contributed by atoms with van der Waals surface area (Å²) in [7, 11) is 0. The van der Waals surface area contributed by atoms with Gasteiger partial charge >= 0.3 is 0 Å². The highest BCUT2D eigenvalue weighted by Crippen LogP contribution is 2.20. The fourth-order valence-electron chi connectivity index (χ4n) is 2.95. The molecule has 0 aliphatic rings. The Morgan fingerprint density at radius 1 is 0.900 bits per heavy atom. The van der Waals surface area contributed by atoms with Gasteiger partial charge in [-0.15, -0.1) is 0 Å². The van der Waals surface area contributed by atoms with Gasteiger partial charge in [0, 0.05) is 41.5 Å². The van der Waals surface area contributed by atoms with Crippen molar-refractivity contribution >= 4 is 33.1 Å². The molecule has 0 atom stereocenters. The van der Waals surface area contributed by atoms with E-state index in [0.29, 0.717) is 21.7 Å². The molecule has 0 bridgehead atoms. The monoisotopic (exact) mass is 430 g/mol. The quantitative estimate of drug-likeness (QED) is 0.371. The summed E-state index contributed by atoms with van der Waals surface area (Å²) in [6.07, 6.45) is 0. The van der Waals surface area contributed by atoms with Crippen LogP contribution in [0.4, 0.5) is 0 Å². The summed E-state index contributed by atoms with van der Waals surface area (Å²) in [5, 5.41) is 4.70. The molecule has 0 unspecified atom stereocenters. The van der Waals surface area contributed by atoms with Crippen LogP contribution in [0.1, 0.15) is 30.3 Å². The summed E-state index contributed by atoms with van der Waals surface area (Å²) in [6.45, 7) is -13.9. The number of hydrogen-bond acceptors (Lipinski definition) is 2. The van der Waals surface area contributed by atoms with Gasteiger partial charge in [0.1, 0.15) is 0 Å². The molecule has 4 rings (SSSR count). The van der Waals surface area contributed by atoms with Crippen LogP contribution >= 0.6 is 11.6 Å². The van der Waals surface area contributed by atoms with Gasteiger partial charge in [-0.1, -0.05) is 103 Å². The van der Waals surface area contributed by atoms with Crippen molar-refractivity contribution in [1.82, 2.24) is 10.2 Å². The highest BCUT2D eigenvalue weighted by Gasteiger charge is 2.02. The lowest BCUT2D eigenvalue weighted by Gasteiger charge is -2.15. The van der Waals surface area contributed by atoms with Gasteiger partial charge in [0.25, 0.3) is 0 Å². The number of fused-ring (bicyclic) bond motifs is 2. The van der Waals surface area contributed by atoms with Crippen molar-refractivity contribution < 1.29 is 19.2 Å². The van der Waals surface area contributed by atoms with Crippen LogP contribution in [0.25, 0.3) is 21.5 Å². The molecule has 0 saturated carbocycles. The van der Waals surface area contributed by atoms with E-state index >= 15 is 0 Å². The second kappa shape index (κ2) is 11.5. The first-order chi connectivity index (χ1) is 20.1. The average Bonchev–Trinajstić information content (AvgIpc) is 2.89. The molecule has 0 spiro atoms. The number of nitrogens with zero attached hydrogens (tertiary/aromatic N) is 1. The van der Waals surface area contributed by atoms with Crippen molar-refractivity contribution in [3.05, 3.63) is 108 Å². The van der Waals surface area contributed by atoms with E-state index in [-0.39, 0.29) is 10.5 Å². The Labute approximate surface area is 204 Å². The average molecular weight is 431 g/mol. The van der Waals surface area contributed by atoms with Gasteiger partial charge in [-0.2, -0.15) is 0 Å². The van der Waals surface area contributed by atoms with Crippen molar-refractivity contribution in [2.75, 3.05) is 20.4 Å². The van der Waals surface area contributed by atoms with E-state index in [0.717, 1.165) is 5.39 Å². The Morgan fingerprint density at radius 2 is 1.50 bits per heavy atom. The number of nitrogens with one attached hydrogen (secondary N) is 1. The van der Waals surface area contributed by atoms with Crippen LogP contribution in [-0.2, 0) is 13.0 Å². The molecule has 0 amide bonds. The van der Waals surface area contributed by atoms with Crippen LogP contribution in [0.2, 0.25) is 0 Å². The zero-order chi connectivity index (χ0) is 33.3. The number of hydrogen-bond donors (Lipinski definition) is 1. The van der Waals surface area contributed by atoms with E-state index in [1.165, 1.54) is 12.1 Å². The molecule has 2 nitrogen and oxygen atoms in total. The lowest BCUT2D eigenvalue weighted by molar-refractivity contribution is 0.365. The molecule has 3 heteroatoms. The second-order valence-corrected chi connectivity index (χ2v) is 6.27. The molecular weight excluding hydrogens is 388 g/mol. The van der Waals surface area contributed by atoms with Crippen LogP contribution in [-0.4, -0.2) is 25.3 Å². The summed E-state index contributed by atoms with van der Waals surface area (Å²) in [5.41, 5.74) is -0.737. The summed E-state index contributed by atoms with van der Waals surface area (Å²) in [6, 6.07) is 22.7. The van der Waals surface area contributed by atoms with Crippen molar-refractivity contribution in [3.8, 4) is 0 Å². The third-order valence-corrected chi connectivity index (χ3v) is 4.32. The molecule has 4 aromatic rings. The van der Waals surface area contributed by atoms with E-state index in [1.807, 2.05) is 23.5 Å². The third kappa shape index (κ3) is 5.93. The minimum Gasteiger partial charge on any atom is -0.316 e. The molecule has 0 saturated heterocycles. The first-order valence-corrected chi connectivity index (χ1v) is 9.38. The number of halogens is 1. The molecule has 4 aromatic carbocycles. The zero-order valence-corrected chi connectivity index (χ0v) is 16.7. The molecule has 1 N–H and O–H groups in total. The molecule has 0 radical (unpaired) electrons. The normalized spacial score (nSPS) is 21.0. The van der Waals surface area contributed by atoms with Crippen LogP contribution in [0.15, 0.2) is 96.5 Å². The molecule has 0 aliphatic carbocycles. The van der Waals surface area contributed by atoms with E-state index in [1.54, 1.807) is 54.6 Å². The lowest BCUT2D eigenvalue weighted by Crippen LogP contribution is -2.17. The molecule has 0 heterocycles. The van der Waals surface area contributed by atoms with Gasteiger partial charge in [-0.05, 0) is 46.6 Å². The Balaban J connectivity index is 0.000000257. The predicted molar refractivity (Wildman–Crippen MR) is 132 cm³/mol. The van der Waals surface area contributed by atoms with Gasteiger partial charge in [-0.25, -0.2) is 0 Å². The van der Waals surface area contributed by atoms with Gasteiger partial charge in [0.05, 0.1) is 2.74 Å². The number of likely N-dealkylation sites (N-methyl/N-ethyl adjacent to an activating group) is 1. The number of benzene rings is 4. The zero-order valence-electron chi connectivity index (χ0n) is 29.9. The summed E-state index contributed by atoms with van der Waals surface area (Å²) in [5.74, 6) is 0. The van der Waals surface area contributed by atoms with Crippen LogP contribution in [0.3, 0.4) is 0 Å². The Kier molecular flexibility index (Phi) is 3.88. The molecule has 30 heavy (non-hydrogen) atoms. The van der Waals surface area contributed by atoms with Crippen molar-refractivity contribution in [2.45, 2.75) is 13.0 Å². The maximum Gasteiger partial charge on any atom is 0.0752 e. The maximum atomic E-state index is 8.43. The fraction of sp³-hybridized carbons (Fsp3) is 0.185. The highest BCUT2D eigenvalue weighted by atomic mass is 35.5. The summed E-state index contributed by atoms with van der Waals surface area (Å²) < 4.78 is 108. The Bertz CT molecular complexity index is 1630. The Hall–Kier alpha value is -2.65. The van der Waals surface area contributed by atoms with Crippen LogP contribution < -0.4 is 5.32 Å². The van der Waals surface area contributed by atoms with E-state index < -0.39 is 45.0 Å². The largest absolute Gasteiger partial charge is 0.316 e. The van der Waals surface area contributed by atoms with Crippen molar-refractivity contribution in [1.29, 1.82) is 0 Å². The van der Waals surface area contributed by atoms with Gasteiger partial charge in [-0.3, -0.25) is 4.90 Å². The minimum atomic E-state index is -3.25. The van der Waals surface area contributed by atoms with E-state index in [9.17, 15) is 0 Å². The van der Waals surface area contributed by atoms with Crippen molar-refractivity contribution in [2.24, 2.45) is 0 Å². The smallest absolute Gasteiger partial charge is 0.0752 e. The van der Waals surface area contributed by atoms with Gasteiger partial charge < -0.3 is 5.32 Å². The van der Waals surface area contributed by atoms with E-state index in [2.05, 4.69) is 0 Å². The third-order valence-electron chi connectivity index (χ3n) is 4.22. The Morgan fingerprint density at radius 3 is 2.13 bits per heavy atom.